The normalized spacial score (nSPS) is 12.4. The van der Waals surface area contributed by atoms with Crippen LogP contribution in [0.1, 0.15) is 19.4 Å². The zero-order chi connectivity index (χ0) is 12.3. The van der Waals surface area contributed by atoms with E-state index in [1.165, 1.54) is 21.9 Å². The molecule has 0 radical (unpaired) electrons. The number of hydrogen-bond acceptors (Lipinski definition) is 1. The Bertz CT molecular complexity index is 536. The standard InChI is InChI=1S/C16H19N/c1-12(2)9-16(17)11-13-7-8-14-5-3-4-6-15(14)10-13/h3-10,16H,11,17H2,1-2H3. The highest BCUT2D eigenvalue weighted by molar-refractivity contribution is 5.83. The molecule has 0 aliphatic carbocycles. The van der Waals surface area contributed by atoms with Gasteiger partial charge in [-0.3, -0.25) is 0 Å². The summed E-state index contributed by atoms with van der Waals surface area (Å²) in [4.78, 5) is 0. The van der Waals surface area contributed by atoms with E-state index in [0.717, 1.165) is 6.42 Å². The zero-order valence-corrected chi connectivity index (χ0v) is 10.5. The van der Waals surface area contributed by atoms with Crippen molar-refractivity contribution in [2.75, 3.05) is 0 Å². The third-order valence-corrected chi connectivity index (χ3v) is 2.83. The highest BCUT2D eigenvalue weighted by Crippen LogP contribution is 2.16. The largest absolute Gasteiger partial charge is 0.324 e. The van der Waals surface area contributed by atoms with Crippen LogP contribution >= 0.6 is 0 Å². The van der Waals surface area contributed by atoms with Gasteiger partial charge in [-0.25, -0.2) is 0 Å². The molecule has 0 aromatic heterocycles. The molecular formula is C16H19N. The van der Waals surface area contributed by atoms with Gasteiger partial charge in [-0.2, -0.15) is 0 Å². The van der Waals surface area contributed by atoms with Crippen molar-refractivity contribution in [1.82, 2.24) is 0 Å². The first-order valence-corrected chi connectivity index (χ1v) is 6.03. The van der Waals surface area contributed by atoms with Crippen LogP contribution in [0.3, 0.4) is 0 Å². The van der Waals surface area contributed by atoms with E-state index in [-0.39, 0.29) is 6.04 Å². The number of benzene rings is 2. The minimum atomic E-state index is 0.112. The van der Waals surface area contributed by atoms with E-state index in [4.69, 9.17) is 5.73 Å². The summed E-state index contributed by atoms with van der Waals surface area (Å²) in [6.45, 7) is 4.17. The average molecular weight is 225 g/mol. The van der Waals surface area contributed by atoms with Gasteiger partial charge in [0.1, 0.15) is 0 Å². The van der Waals surface area contributed by atoms with Gasteiger partial charge in [0.2, 0.25) is 0 Å². The molecular weight excluding hydrogens is 206 g/mol. The van der Waals surface area contributed by atoms with Gasteiger partial charge in [-0.05, 0) is 36.6 Å². The van der Waals surface area contributed by atoms with Crippen LogP contribution in [0.4, 0.5) is 0 Å². The lowest BCUT2D eigenvalue weighted by atomic mass is 10.0. The molecule has 0 bridgehead atoms. The van der Waals surface area contributed by atoms with E-state index in [9.17, 15) is 0 Å². The van der Waals surface area contributed by atoms with Crippen LogP contribution in [0.25, 0.3) is 10.8 Å². The Kier molecular flexibility index (Phi) is 3.60. The van der Waals surface area contributed by atoms with Crippen LogP contribution in [-0.4, -0.2) is 6.04 Å². The van der Waals surface area contributed by atoms with E-state index in [1.54, 1.807) is 0 Å². The van der Waals surface area contributed by atoms with Crippen molar-refractivity contribution in [1.29, 1.82) is 0 Å². The lowest BCUT2D eigenvalue weighted by Gasteiger charge is -2.08. The predicted octanol–water partition coefficient (Wildman–Crippen LogP) is 3.68. The summed E-state index contributed by atoms with van der Waals surface area (Å²) in [5, 5.41) is 2.57. The second-order valence-corrected chi connectivity index (χ2v) is 4.79. The zero-order valence-electron chi connectivity index (χ0n) is 10.5. The van der Waals surface area contributed by atoms with Crippen molar-refractivity contribution < 1.29 is 0 Å². The van der Waals surface area contributed by atoms with Gasteiger partial charge in [0, 0.05) is 6.04 Å². The van der Waals surface area contributed by atoms with Crippen molar-refractivity contribution in [3.05, 3.63) is 59.7 Å². The number of hydrogen-bond donors (Lipinski definition) is 1. The topological polar surface area (TPSA) is 26.0 Å². The van der Waals surface area contributed by atoms with Crippen molar-refractivity contribution in [3.8, 4) is 0 Å². The van der Waals surface area contributed by atoms with Crippen molar-refractivity contribution >= 4 is 10.8 Å². The molecule has 0 aliphatic rings. The molecule has 0 aliphatic heterocycles. The molecule has 2 N–H and O–H groups in total. The Balaban J connectivity index is 2.22. The Hall–Kier alpha value is -1.60. The summed E-state index contributed by atoms with van der Waals surface area (Å²) in [5.41, 5.74) is 8.65. The minimum Gasteiger partial charge on any atom is -0.324 e. The van der Waals surface area contributed by atoms with Crippen LogP contribution in [0.5, 0.6) is 0 Å². The van der Waals surface area contributed by atoms with Gasteiger partial charge in [0.15, 0.2) is 0 Å². The Labute approximate surface area is 103 Å². The van der Waals surface area contributed by atoms with Gasteiger partial charge >= 0.3 is 0 Å². The molecule has 1 atom stereocenters. The van der Waals surface area contributed by atoms with Gasteiger partial charge in [0.05, 0.1) is 0 Å². The maximum atomic E-state index is 6.07. The summed E-state index contributed by atoms with van der Waals surface area (Å²) in [7, 11) is 0. The van der Waals surface area contributed by atoms with E-state index in [0.29, 0.717) is 0 Å². The monoisotopic (exact) mass is 225 g/mol. The molecule has 17 heavy (non-hydrogen) atoms. The van der Waals surface area contributed by atoms with Crippen molar-refractivity contribution in [2.24, 2.45) is 5.73 Å². The summed E-state index contributed by atoms with van der Waals surface area (Å²) in [5.74, 6) is 0. The molecule has 0 fully saturated rings. The molecule has 1 heteroatoms. The molecule has 0 amide bonds. The molecule has 2 aromatic rings. The summed E-state index contributed by atoms with van der Waals surface area (Å²) >= 11 is 0. The molecule has 2 rings (SSSR count). The van der Waals surface area contributed by atoms with E-state index in [2.05, 4.69) is 62.4 Å². The fraction of sp³-hybridized carbons (Fsp3) is 0.250. The number of fused-ring (bicyclic) bond motifs is 1. The van der Waals surface area contributed by atoms with E-state index >= 15 is 0 Å². The van der Waals surface area contributed by atoms with Crippen molar-refractivity contribution in [3.63, 3.8) is 0 Å². The number of allylic oxidation sites excluding steroid dienone is 1. The fourth-order valence-corrected chi connectivity index (χ4v) is 2.12. The number of nitrogens with two attached hydrogens (primary N) is 1. The van der Waals surface area contributed by atoms with Gasteiger partial charge in [0.25, 0.3) is 0 Å². The highest BCUT2D eigenvalue weighted by Gasteiger charge is 2.01. The first kappa shape index (κ1) is 11.9. The van der Waals surface area contributed by atoms with Crippen LogP contribution < -0.4 is 5.73 Å². The maximum absolute atomic E-state index is 6.07. The Morgan fingerprint density at radius 2 is 1.82 bits per heavy atom. The molecule has 2 aromatic carbocycles. The molecule has 0 saturated heterocycles. The molecule has 0 heterocycles. The van der Waals surface area contributed by atoms with Crippen LogP contribution in [-0.2, 0) is 6.42 Å². The predicted molar refractivity (Wildman–Crippen MR) is 75.1 cm³/mol. The molecule has 1 unspecified atom stereocenters. The molecule has 0 saturated carbocycles. The molecule has 88 valence electrons. The molecule has 0 spiro atoms. The minimum absolute atomic E-state index is 0.112. The quantitative estimate of drug-likeness (QED) is 0.792. The third-order valence-electron chi connectivity index (χ3n) is 2.83. The smallest absolute Gasteiger partial charge is 0.0267 e. The molecule has 1 nitrogen and oxygen atoms in total. The third kappa shape index (κ3) is 3.18. The lowest BCUT2D eigenvalue weighted by Crippen LogP contribution is -2.20. The first-order valence-electron chi connectivity index (χ1n) is 6.03. The lowest BCUT2D eigenvalue weighted by molar-refractivity contribution is 0.804. The SMILES string of the molecule is CC(C)=CC(N)Cc1ccc2ccccc2c1. The summed E-state index contributed by atoms with van der Waals surface area (Å²) in [6, 6.07) is 15.1. The maximum Gasteiger partial charge on any atom is 0.0267 e. The average Bonchev–Trinajstić information content (AvgIpc) is 2.27. The summed E-state index contributed by atoms with van der Waals surface area (Å²) < 4.78 is 0. The van der Waals surface area contributed by atoms with Gasteiger partial charge in [-0.15, -0.1) is 0 Å². The van der Waals surface area contributed by atoms with Crippen molar-refractivity contribution in [2.45, 2.75) is 26.3 Å². The Morgan fingerprint density at radius 3 is 2.53 bits per heavy atom. The van der Waals surface area contributed by atoms with E-state index in [1.807, 2.05) is 0 Å². The second-order valence-electron chi connectivity index (χ2n) is 4.79. The second kappa shape index (κ2) is 5.15. The number of rotatable bonds is 3. The van der Waals surface area contributed by atoms with Crippen LogP contribution in [0, 0.1) is 0 Å². The highest BCUT2D eigenvalue weighted by atomic mass is 14.6. The fourth-order valence-electron chi connectivity index (χ4n) is 2.12. The Morgan fingerprint density at radius 1 is 1.12 bits per heavy atom. The van der Waals surface area contributed by atoms with Gasteiger partial charge < -0.3 is 5.73 Å². The van der Waals surface area contributed by atoms with Gasteiger partial charge in [-0.1, -0.05) is 54.1 Å². The van der Waals surface area contributed by atoms with E-state index < -0.39 is 0 Å². The summed E-state index contributed by atoms with van der Waals surface area (Å²) in [6.07, 6.45) is 3.02. The van der Waals surface area contributed by atoms with Crippen LogP contribution in [0.2, 0.25) is 0 Å². The van der Waals surface area contributed by atoms with Crippen LogP contribution in [0.15, 0.2) is 54.1 Å². The first-order chi connectivity index (χ1) is 8.15.